The summed E-state index contributed by atoms with van der Waals surface area (Å²) in [6, 6.07) is 6.27. The van der Waals surface area contributed by atoms with Gasteiger partial charge in [0.1, 0.15) is 5.75 Å². The van der Waals surface area contributed by atoms with E-state index in [9.17, 15) is 9.90 Å². The number of phenols is 1. The molecule has 0 bridgehead atoms. The molecule has 1 aliphatic heterocycles. The van der Waals surface area contributed by atoms with Crippen LogP contribution in [0, 0.1) is 0 Å². The van der Waals surface area contributed by atoms with Gasteiger partial charge in [-0.3, -0.25) is 4.79 Å². The van der Waals surface area contributed by atoms with Gasteiger partial charge >= 0.3 is 0 Å². The summed E-state index contributed by atoms with van der Waals surface area (Å²) in [4.78, 5) is 13.0. The molecular formula is C14H19NO2. The molecule has 1 aromatic rings. The molecule has 0 spiro atoms. The molecule has 17 heavy (non-hydrogen) atoms. The van der Waals surface area contributed by atoms with Crippen LogP contribution in [-0.4, -0.2) is 23.5 Å². The number of hydrogen-bond acceptors (Lipinski definition) is 3. The van der Waals surface area contributed by atoms with Gasteiger partial charge in [0, 0.05) is 23.8 Å². The van der Waals surface area contributed by atoms with Crippen LogP contribution in [0.15, 0.2) is 18.2 Å². The maximum absolute atomic E-state index is 10.7. The van der Waals surface area contributed by atoms with Crippen molar-refractivity contribution in [3.8, 4) is 5.75 Å². The monoisotopic (exact) mass is 233 g/mol. The van der Waals surface area contributed by atoms with Crippen molar-refractivity contribution in [2.45, 2.75) is 45.2 Å². The third-order valence-electron chi connectivity index (χ3n) is 3.63. The fraction of sp³-hybridized carbons (Fsp3) is 0.500. The maximum Gasteiger partial charge on any atom is 0.153 e. The molecule has 0 amide bonds. The zero-order valence-electron chi connectivity index (χ0n) is 10.4. The van der Waals surface area contributed by atoms with Crippen LogP contribution in [0.4, 0.5) is 5.69 Å². The number of aldehydes is 1. The summed E-state index contributed by atoms with van der Waals surface area (Å²) in [6.45, 7) is 4.42. The van der Waals surface area contributed by atoms with Crippen LogP contribution in [0.1, 0.15) is 43.5 Å². The van der Waals surface area contributed by atoms with Gasteiger partial charge in [-0.05, 0) is 45.2 Å². The molecule has 1 fully saturated rings. The van der Waals surface area contributed by atoms with E-state index < -0.39 is 0 Å². The van der Waals surface area contributed by atoms with E-state index in [4.69, 9.17) is 0 Å². The molecule has 1 aromatic carbocycles. The van der Waals surface area contributed by atoms with Crippen molar-refractivity contribution in [3.05, 3.63) is 23.8 Å². The van der Waals surface area contributed by atoms with Crippen LogP contribution in [0.2, 0.25) is 0 Å². The molecule has 1 saturated heterocycles. The first-order valence-corrected chi connectivity index (χ1v) is 6.20. The van der Waals surface area contributed by atoms with Gasteiger partial charge < -0.3 is 10.0 Å². The van der Waals surface area contributed by atoms with Gasteiger partial charge in [0.25, 0.3) is 0 Å². The molecule has 0 aliphatic carbocycles. The molecule has 1 heterocycles. The van der Waals surface area contributed by atoms with Crippen LogP contribution in [0.25, 0.3) is 0 Å². The quantitative estimate of drug-likeness (QED) is 0.798. The highest BCUT2D eigenvalue weighted by Crippen LogP contribution is 2.31. The first-order chi connectivity index (χ1) is 8.13. The molecule has 2 unspecified atom stereocenters. The highest BCUT2D eigenvalue weighted by molar-refractivity contribution is 5.80. The second-order valence-corrected chi connectivity index (χ2v) is 4.90. The Morgan fingerprint density at radius 3 is 2.47 bits per heavy atom. The van der Waals surface area contributed by atoms with Gasteiger partial charge in [-0.1, -0.05) is 0 Å². The first kappa shape index (κ1) is 12.0. The highest BCUT2D eigenvalue weighted by atomic mass is 16.3. The van der Waals surface area contributed by atoms with Crippen molar-refractivity contribution in [2.24, 2.45) is 0 Å². The minimum absolute atomic E-state index is 0.0717. The summed E-state index contributed by atoms with van der Waals surface area (Å²) in [5, 5.41) is 9.74. The zero-order chi connectivity index (χ0) is 12.4. The Bertz CT molecular complexity index is 407. The van der Waals surface area contributed by atoms with E-state index in [1.807, 2.05) is 6.07 Å². The molecule has 1 aliphatic rings. The standard InChI is InChI=1S/C14H19NO2/c1-10-4-3-5-11(2)15(10)13-7-6-12(9-16)14(17)8-13/h6-11,17H,3-5H2,1-2H3. The average Bonchev–Trinajstić information content (AvgIpc) is 2.29. The van der Waals surface area contributed by atoms with Gasteiger partial charge in [0.15, 0.2) is 6.29 Å². The smallest absolute Gasteiger partial charge is 0.153 e. The largest absolute Gasteiger partial charge is 0.507 e. The number of piperidine rings is 1. The maximum atomic E-state index is 10.7. The van der Waals surface area contributed by atoms with E-state index in [1.54, 1.807) is 12.1 Å². The first-order valence-electron chi connectivity index (χ1n) is 6.20. The van der Waals surface area contributed by atoms with Crippen LogP contribution in [0.5, 0.6) is 5.75 Å². The Morgan fingerprint density at radius 1 is 1.29 bits per heavy atom. The number of nitrogens with zero attached hydrogens (tertiary/aromatic N) is 1. The van der Waals surface area contributed by atoms with Crippen molar-refractivity contribution in [1.82, 2.24) is 0 Å². The van der Waals surface area contributed by atoms with E-state index in [0.717, 1.165) is 5.69 Å². The molecule has 0 saturated carbocycles. The number of rotatable bonds is 2. The summed E-state index contributed by atoms with van der Waals surface area (Å²) < 4.78 is 0. The third kappa shape index (κ3) is 2.28. The van der Waals surface area contributed by atoms with Gasteiger partial charge in [0.05, 0.1) is 5.56 Å². The Labute approximate surface area is 102 Å². The Balaban J connectivity index is 2.32. The van der Waals surface area contributed by atoms with E-state index in [2.05, 4.69) is 18.7 Å². The van der Waals surface area contributed by atoms with Gasteiger partial charge in [-0.25, -0.2) is 0 Å². The van der Waals surface area contributed by atoms with Gasteiger partial charge in [-0.15, -0.1) is 0 Å². The lowest BCUT2D eigenvalue weighted by Gasteiger charge is -2.41. The summed E-state index contributed by atoms with van der Waals surface area (Å²) >= 11 is 0. The van der Waals surface area contributed by atoms with Crippen molar-refractivity contribution in [3.63, 3.8) is 0 Å². The summed E-state index contributed by atoms with van der Waals surface area (Å²) in [5.41, 5.74) is 1.36. The lowest BCUT2D eigenvalue weighted by Crippen LogP contribution is -2.43. The minimum Gasteiger partial charge on any atom is -0.507 e. The predicted octanol–water partition coefficient (Wildman–Crippen LogP) is 2.97. The molecule has 92 valence electrons. The normalized spacial score (nSPS) is 24.7. The van der Waals surface area contributed by atoms with Crippen LogP contribution < -0.4 is 4.90 Å². The summed E-state index contributed by atoms with van der Waals surface area (Å²) in [7, 11) is 0. The lowest BCUT2D eigenvalue weighted by molar-refractivity contribution is 0.112. The van der Waals surface area contributed by atoms with Gasteiger partial charge in [-0.2, -0.15) is 0 Å². The van der Waals surface area contributed by atoms with E-state index in [0.29, 0.717) is 23.9 Å². The highest BCUT2D eigenvalue weighted by Gasteiger charge is 2.25. The number of hydrogen-bond donors (Lipinski definition) is 1. The number of anilines is 1. The molecule has 2 atom stereocenters. The Hall–Kier alpha value is -1.51. The van der Waals surface area contributed by atoms with Crippen LogP contribution >= 0.6 is 0 Å². The van der Waals surface area contributed by atoms with E-state index in [1.165, 1.54) is 19.3 Å². The van der Waals surface area contributed by atoms with Crippen LogP contribution in [-0.2, 0) is 0 Å². The van der Waals surface area contributed by atoms with Crippen LogP contribution in [0.3, 0.4) is 0 Å². The van der Waals surface area contributed by atoms with Gasteiger partial charge in [0.2, 0.25) is 0 Å². The number of phenolic OH excluding ortho intramolecular Hbond substituents is 1. The topological polar surface area (TPSA) is 40.5 Å². The van der Waals surface area contributed by atoms with E-state index in [-0.39, 0.29) is 5.75 Å². The Kier molecular flexibility index (Phi) is 3.36. The number of aromatic hydroxyl groups is 1. The van der Waals surface area contributed by atoms with Crippen molar-refractivity contribution < 1.29 is 9.90 Å². The Morgan fingerprint density at radius 2 is 1.94 bits per heavy atom. The summed E-state index contributed by atoms with van der Waals surface area (Å²) in [6.07, 6.45) is 4.31. The predicted molar refractivity (Wildman–Crippen MR) is 68.7 cm³/mol. The number of carbonyl (C=O) groups excluding carboxylic acids is 1. The number of benzene rings is 1. The number of carbonyl (C=O) groups is 1. The van der Waals surface area contributed by atoms with Crippen molar-refractivity contribution in [1.29, 1.82) is 0 Å². The van der Waals surface area contributed by atoms with E-state index >= 15 is 0 Å². The second kappa shape index (κ2) is 4.78. The molecule has 1 N–H and O–H groups in total. The second-order valence-electron chi connectivity index (χ2n) is 4.90. The molecule has 0 radical (unpaired) electrons. The summed E-state index contributed by atoms with van der Waals surface area (Å²) in [5.74, 6) is 0.0717. The molecular weight excluding hydrogens is 214 g/mol. The third-order valence-corrected chi connectivity index (χ3v) is 3.63. The zero-order valence-corrected chi connectivity index (χ0v) is 10.4. The minimum atomic E-state index is 0.0717. The van der Waals surface area contributed by atoms with Crippen molar-refractivity contribution >= 4 is 12.0 Å². The van der Waals surface area contributed by atoms with Crippen molar-refractivity contribution in [2.75, 3.05) is 4.90 Å². The molecule has 3 nitrogen and oxygen atoms in total. The fourth-order valence-electron chi connectivity index (χ4n) is 2.72. The average molecular weight is 233 g/mol. The fourth-order valence-corrected chi connectivity index (χ4v) is 2.72. The molecule has 3 heteroatoms. The SMILES string of the molecule is CC1CCCC(C)N1c1ccc(C=O)c(O)c1. The molecule has 0 aromatic heterocycles. The lowest BCUT2D eigenvalue weighted by atomic mass is 9.96. The molecule has 2 rings (SSSR count).